The minimum atomic E-state index is 0.479. The van der Waals surface area contributed by atoms with E-state index in [9.17, 15) is 0 Å². The molecule has 0 atom stereocenters. The lowest BCUT2D eigenvalue weighted by Crippen LogP contribution is -2.12. The van der Waals surface area contributed by atoms with Gasteiger partial charge in [0, 0.05) is 17.0 Å². The van der Waals surface area contributed by atoms with Crippen molar-refractivity contribution in [1.82, 2.24) is 10.3 Å². The first-order valence-electron chi connectivity index (χ1n) is 6.48. The van der Waals surface area contributed by atoms with E-state index in [-0.39, 0.29) is 0 Å². The van der Waals surface area contributed by atoms with Crippen molar-refractivity contribution < 1.29 is 0 Å². The topological polar surface area (TPSA) is 24.9 Å². The van der Waals surface area contributed by atoms with Gasteiger partial charge in [-0.05, 0) is 12.5 Å². The molecule has 2 nitrogen and oxygen atoms in total. The van der Waals surface area contributed by atoms with Crippen molar-refractivity contribution in [3.63, 3.8) is 0 Å². The second kappa shape index (κ2) is 6.12. The first-order chi connectivity index (χ1) is 8.72. The van der Waals surface area contributed by atoms with Gasteiger partial charge in [-0.15, -0.1) is 11.3 Å². The van der Waals surface area contributed by atoms with E-state index in [1.54, 1.807) is 0 Å². The summed E-state index contributed by atoms with van der Waals surface area (Å²) < 4.78 is 0. The van der Waals surface area contributed by atoms with Crippen LogP contribution in [0.1, 0.15) is 37.3 Å². The van der Waals surface area contributed by atoms with E-state index in [1.807, 2.05) is 17.4 Å². The summed E-state index contributed by atoms with van der Waals surface area (Å²) in [5.74, 6) is 0.479. The van der Waals surface area contributed by atoms with Crippen molar-refractivity contribution in [2.75, 3.05) is 6.54 Å². The standard InChI is InChI=1S/C15H20N2S/c1-4-16-10-13-14(11(2)3)17-15(18-13)12-8-6-5-7-9-12/h5-9,11,16H,4,10H2,1-3H3. The quantitative estimate of drug-likeness (QED) is 0.877. The van der Waals surface area contributed by atoms with Gasteiger partial charge in [-0.3, -0.25) is 0 Å². The maximum absolute atomic E-state index is 4.81. The molecule has 2 rings (SSSR count). The number of nitrogens with one attached hydrogen (secondary N) is 1. The first kappa shape index (κ1) is 13.2. The second-order valence-electron chi connectivity index (χ2n) is 4.63. The van der Waals surface area contributed by atoms with Crippen LogP contribution in [0.25, 0.3) is 10.6 Å². The van der Waals surface area contributed by atoms with Gasteiger partial charge in [-0.1, -0.05) is 51.1 Å². The Morgan fingerprint density at radius 1 is 1.22 bits per heavy atom. The number of thiazole rings is 1. The number of aromatic nitrogens is 1. The van der Waals surface area contributed by atoms with Crippen molar-refractivity contribution in [2.45, 2.75) is 33.2 Å². The number of benzene rings is 1. The Morgan fingerprint density at radius 3 is 2.56 bits per heavy atom. The lowest BCUT2D eigenvalue weighted by molar-refractivity contribution is 0.714. The molecular weight excluding hydrogens is 240 g/mol. The predicted molar refractivity (Wildman–Crippen MR) is 79.0 cm³/mol. The summed E-state index contributed by atoms with van der Waals surface area (Å²) in [5.41, 5.74) is 2.45. The lowest BCUT2D eigenvalue weighted by atomic mass is 10.1. The van der Waals surface area contributed by atoms with E-state index in [0.29, 0.717) is 5.92 Å². The van der Waals surface area contributed by atoms with E-state index in [1.165, 1.54) is 16.1 Å². The largest absolute Gasteiger partial charge is 0.312 e. The van der Waals surface area contributed by atoms with Crippen LogP contribution >= 0.6 is 11.3 Å². The number of rotatable bonds is 5. The molecule has 0 unspecified atom stereocenters. The van der Waals surface area contributed by atoms with Gasteiger partial charge in [0.15, 0.2) is 0 Å². The monoisotopic (exact) mass is 260 g/mol. The molecule has 96 valence electrons. The molecule has 1 heterocycles. The van der Waals surface area contributed by atoms with Crippen molar-refractivity contribution in [3.05, 3.63) is 40.9 Å². The van der Waals surface area contributed by atoms with E-state index < -0.39 is 0 Å². The summed E-state index contributed by atoms with van der Waals surface area (Å²) in [5, 5.41) is 4.53. The molecule has 0 amide bonds. The molecule has 18 heavy (non-hydrogen) atoms. The third kappa shape index (κ3) is 2.98. The number of hydrogen-bond acceptors (Lipinski definition) is 3. The Balaban J connectivity index is 2.33. The van der Waals surface area contributed by atoms with Crippen LogP contribution in [-0.2, 0) is 6.54 Å². The minimum Gasteiger partial charge on any atom is -0.312 e. The highest BCUT2D eigenvalue weighted by Crippen LogP contribution is 2.31. The molecule has 0 aliphatic carbocycles. The van der Waals surface area contributed by atoms with Crippen LogP contribution in [-0.4, -0.2) is 11.5 Å². The molecule has 0 spiro atoms. The SMILES string of the molecule is CCNCc1sc(-c2ccccc2)nc1C(C)C. The summed E-state index contributed by atoms with van der Waals surface area (Å²) in [6, 6.07) is 10.4. The molecule has 0 aliphatic heterocycles. The summed E-state index contributed by atoms with van der Waals surface area (Å²) in [6.45, 7) is 8.47. The third-order valence-electron chi connectivity index (χ3n) is 2.83. The summed E-state index contributed by atoms with van der Waals surface area (Å²) in [4.78, 5) is 6.18. The van der Waals surface area contributed by atoms with Crippen LogP contribution in [0.3, 0.4) is 0 Å². The van der Waals surface area contributed by atoms with Crippen LogP contribution in [0.15, 0.2) is 30.3 Å². The average Bonchev–Trinajstić information content (AvgIpc) is 2.81. The molecule has 1 N–H and O–H groups in total. The molecular formula is C15H20N2S. The first-order valence-corrected chi connectivity index (χ1v) is 7.29. The Hall–Kier alpha value is -1.19. The zero-order chi connectivity index (χ0) is 13.0. The van der Waals surface area contributed by atoms with Gasteiger partial charge in [0.1, 0.15) is 5.01 Å². The number of nitrogens with zero attached hydrogens (tertiary/aromatic N) is 1. The minimum absolute atomic E-state index is 0.479. The van der Waals surface area contributed by atoms with Gasteiger partial charge in [0.25, 0.3) is 0 Å². The van der Waals surface area contributed by atoms with Gasteiger partial charge in [-0.2, -0.15) is 0 Å². The Morgan fingerprint density at radius 2 is 1.94 bits per heavy atom. The van der Waals surface area contributed by atoms with Crippen LogP contribution < -0.4 is 5.32 Å². The molecule has 0 bridgehead atoms. The zero-order valence-electron chi connectivity index (χ0n) is 11.2. The summed E-state index contributed by atoms with van der Waals surface area (Å²) in [6.07, 6.45) is 0. The molecule has 1 aromatic carbocycles. The van der Waals surface area contributed by atoms with Gasteiger partial charge < -0.3 is 5.32 Å². The van der Waals surface area contributed by atoms with E-state index in [2.05, 4.69) is 50.4 Å². The molecule has 0 fully saturated rings. The fourth-order valence-corrected chi connectivity index (χ4v) is 3.08. The second-order valence-corrected chi connectivity index (χ2v) is 5.71. The normalized spacial score (nSPS) is 11.1. The lowest BCUT2D eigenvalue weighted by Gasteiger charge is -2.04. The predicted octanol–water partition coefficient (Wildman–Crippen LogP) is 4.04. The average molecular weight is 260 g/mol. The van der Waals surface area contributed by atoms with E-state index >= 15 is 0 Å². The molecule has 2 aromatic rings. The molecule has 0 radical (unpaired) electrons. The van der Waals surface area contributed by atoms with Crippen molar-refractivity contribution >= 4 is 11.3 Å². The van der Waals surface area contributed by atoms with Gasteiger partial charge >= 0.3 is 0 Å². The van der Waals surface area contributed by atoms with Crippen LogP contribution in [0.2, 0.25) is 0 Å². The fraction of sp³-hybridized carbons (Fsp3) is 0.400. The Labute approximate surface area is 113 Å². The Kier molecular flexibility index (Phi) is 4.50. The summed E-state index contributed by atoms with van der Waals surface area (Å²) >= 11 is 1.81. The maximum Gasteiger partial charge on any atom is 0.123 e. The smallest absolute Gasteiger partial charge is 0.123 e. The van der Waals surface area contributed by atoms with Gasteiger partial charge in [-0.25, -0.2) is 4.98 Å². The highest BCUT2D eigenvalue weighted by molar-refractivity contribution is 7.15. The highest BCUT2D eigenvalue weighted by Gasteiger charge is 2.14. The van der Waals surface area contributed by atoms with E-state index in [0.717, 1.165) is 18.1 Å². The molecule has 0 saturated carbocycles. The molecule has 1 aromatic heterocycles. The van der Waals surface area contributed by atoms with Crippen LogP contribution in [0, 0.1) is 0 Å². The Bertz CT molecular complexity index is 488. The zero-order valence-corrected chi connectivity index (χ0v) is 12.1. The maximum atomic E-state index is 4.81. The highest BCUT2D eigenvalue weighted by atomic mass is 32.1. The summed E-state index contributed by atoms with van der Waals surface area (Å²) in [7, 11) is 0. The molecule has 3 heteroatoms. The molecule has 0 saturated heterocycles. The molecule has 0 aliphatic rings. The third-order valence-corrected chi connectivity index (χ3v) is 3.95. The van der Waals surface area contributed by atoms with Crippen molar-refractivity contribution in [3.8, 4) is 10.6 Å². The van der Waals surface area contributed by atoms with Crippen LogP contribution in [0.4, 0.5) is 0 Å². The van der Waals surface area contributed by atoms with Gasteiger partial charge in [0.05, 0.1) is 5.69 Å². The number of hydrogen-bond donors (Lipinski definition) is 1. The fourth-order valence-electron chi connectivity index (χ4n) is 1.88. The van der Waals surface area contributed by atoms with E-state index in [4.69, 9.17) is 4.98 Å². The van der Waals surface area contributed by atoms with Crippen molar-refractivity contribution in [1.29, 1.82) is 0 Å². The van der Waals surface area contributed by atoms with Crippen LogP contribution in [0.5, 0.6) is 0 Å². The van der Waals surface area contributed by atoms with Gasteiger partial charge in [0.2, 0.25) is 0 Å². The van der Waals surface area contributed by atoms with Crippen molar-refractivity contribution in [2.24, 2.45) is 0 Å².